The second kappa shape index (κ2) is 6.35. The average molecular weight is 246 g/mol. The molecule has 2 rings (SSSR count). The van der Waals surface area contributed by atoms with Crippen LogP contribution in [0.2, 0.25) is 0 Å². The summed E-state index contributed by atoms with van der Waals surface area (Å²) in [4.78, 5) is 2.66. The molecule has 0 bridgehead atoms. The SMILES string of the molecule is CCC1CN(Cc2ccccc2)C(C(C)C)CN1. The molecule has 2 nitrogen and oxygen atoms in total. The van der Waals surface area contributed by atoms with E-state index in [4.69, 9.17) is 0 Å². The van der Waals surface area contributed by atoms with Gasteiger partial charge in [0.25, 0.3) is 0 Å². The van der Waals surface area contributed by atoms with Crippen LogP contribution in [0.25, 0.3) is 0 Å². The van der Waals surface area contributed by atoms with Gasteiger partial charge in [0.05, 0.1) is 0 Å². The largest absolute Gasteiger partial charge is 0.311 e. The molecule has 1 heterocycles. The number of nitrogens with one attached hydrogen (secondary N) is 1. The second-order valence-electron chi connectivity index (χ2n) is 5.74. The summed E-state index contributed by atoms with van der Waals surface area (Å²) >= 11 is 0. The van der Waals surface area contributed by atoms with E-state index in [1.807, 2.05) is 0 Å². The molecule has 1 N–H and O–H groups in total. The van der Waals surface area contributed by atoms with Crippen LogP contribution in [0.1, 0.15) is 32.8 Å². The fraction of sp³-hybridized carbons (Fsp3) is 0.625. The Morgan fingerprint density at radius 1 is 1.28 bits per heavy atom. The van der Waals surface area contributed by atoms with Gasteiger partial charge in [0.1, 0.15) is 0 Å². The van der Waals surface area contributed by atoms with Gasteiger partial charge in [0.15, 0.2) is 0 Å². The second-order valence-corrected chi connectivity index (χ2v) is 5.74. The van der Waals surface area contributed by atoms with Gasteiger partial charge in [-0.1, -0.05) is 51.1 Å². The van der Waals surface area contributed by atoms with Crippen molar-refractivity contribution in [2.75, 3.05) is 13.1 Å². The van der Waals surface area contributed by atoms with Gasteiger partial charge in [-0.05, 0) is 17.9 Å². The van der Waals surface area contributed by atoms with Crippen molar-refractivity contribution in [3.8, 4) is 0 Å². The number of benzene rings is 1. The Morgan fingerprint density at radius 2 is 2.00 bits per heavy atom. The zero-order valence-corrected chi connectivity index (χ0v) is 11.9. The molecule has 1 aromatic rings. The molecule has 1 aromatic carbocycles. The van der Waals surface area contributed by atoms with E-state index in [2.05, 4.69) is 61.3 Å². The smallest absolute Gasteiger partial charge is 0.0247 e. The third kappa shape index (κ3) is 3.33. The Morgan fingerprint density at radius 3 is 2.61 bits per heavy atom. The maximum atomic E-state index is 3.67. The third-order valence-electron chi connectivity index (χ3n) is 4.03. The normalized spacial score (nSPS) is 25.6. The number of rotatable bonds is 4. The van der Waals surface area contributed by atoms with E-state index >= 15 is 0 Å². The van der Waals surface area contributed by atoms with Gasteiger partial charge in [-0.25, -0.2) is 0 Å². The van der Waals surface area contributed by atoms with Crippen LogP contribution in [0.4, 0.5) is 0 Å². The molecule has 0 radical (unpaired) electrons. The van der Waals surface area contributed by atoms with E-state index in [0.29, 0.717) is 18.0 Å². The summed E-state index contributed by atoms with van der Waals surface area (Å²) in [7, 11) is 0. The Hall–Kier alpha value is -0.860. The number of hydrogen-bond donors (Lipinski definition) is 1. The fourth-order valence-electron chi connectivity index (χ4n) is 2.83. The van der Waals surface area contributed by atoms with Crippen molar-refractivity contribution >= 4 is 0 Å². The lowest BCUT2D eigenvalue weighted by Crippen LogP contribution is -2.57. The summed E-state index contributed by atoms with van der Waals surface area (Å²) in [5, 5.41) is 3.67. The monoisotopic (exact) mass is 246 g/mol. The molecule has 0 aromatic heterocycles. The Bertz CT molecular complexity index is 347. The van der Waals surface area contributed by atoms with Gasteiger partial charge in [0.2, 0.25) is 0 Å². The van der Waals surface area contributed by atoms with Gasteiger partial charge in [-0.2, -0.15) is 0 Å². The first-order chi connectivity index (χ1) is 8.70. The molecule has 0 spiro atoms. The first kappa shape index (κ1) is 13.6. The first-order valence-corrected chi connectivity index (χ1v) is 7.22. The summed E-state index contributed by atoms with van der Waals surface area (Å²) in [5.74, 6) is 0.707. The Kier molecular flexibility index (Phi) is 4.79. The van der Waals surface area contributed by atoms with Crippen LogP contribution in [0.3, 0.4) is 0 Å². The quantitative estimate of drug-likeness (QED) is 0.879. The molecule has 2 heteroatoms. The number of nitrogens with zero attached hydrogens (tertiary/aromatic N) is 1. The van der Waals surface area contributed by atoms with Crippen molar-refractivity contribution in [2.45, 2.75) is 45.8 Å². The standard InChI is InChI=1S/C16H26N2/c1-4-15-12-18(16(10-17-15)13(2)3)11-14-8-6-5-7-9-14/h5-9,13,15-17H,4,10-12H2,1-3H3. The van der Waals surface area contributed by atoms with E-state index in [0.717, 1.165) is 13.1 Å². The predicted molar refractivity (Wildman–Crippen MR) is 77.6 cm³/mol. The van der Waals surface area contributed by atoms with Gasteiger partial charge >= 0.3 is 0 Å². The molecule has 1 aliphatic heterocycles. The minimum absolute atomic E-state index is 0.656. The highest BCUT2D eigenvalue weighted by Crippen LogP contribution is 2.19. The summed E-state index contributed by atoms with van der Waals surface area (Å²) in [6, 6.07) is 12.2. The topological polar surface area (TPSA) is 15.3 Å². The Balaban J connectivity index is 2.05. The minimum atomic E-state index is 0.656. The molecule has 1 saturated heterocycles. The molecule has 0 aliphatic carbocycles. The summed E-state index contributed by atoms with van der Waals surface area (Å²) in [6.45, 7) is 10.3. The lowest BCUT2D eigenvalue weighted by Gasteiger charge is -2.42. The average Bonchev–Trinajstić information content (AvgIpc) is 2.39. The predicted octanol–water partition coefficient (Wildman–Crippen LogP) is 2.90. The van der Waals surface area contributed by atoms with Crippen LogP contribution in [-0.4, -0.2) is 30.1 Å². The Labute approximate surface area is 111 Å². The zero-order chi connectivity index (χ0) is 13.0. The van der Waals surface area contributed by atoms with Gasteiger partial charge in [0, 0.05) is 31.7 Å². The molecule has 1 aliphatic rings. The lowest BCUT2D eigenvalue weighted by atomic mass is 9.97. The molecule has 0 amide bonds. The maximum Gasteiger partial charge on any atom is 0.0247 e. The van der Waals surface area contributed by atoms with E-state index in [1.54, 1.807) is 0 Å². The van der Waals surface area contributed by atoms with Crippen LogP contribution in [0, 0.1) is 5.92 Å². The van der Waals surface area contributed by atoms with E-state index in [-0.39, 0.29) is 0 Å². The van der Waals surface area contributed by atoms with E-state index in [1.165, 1.54) is 18.5 Å². The van der Waals surface area contributed by atoms with E-state index in [9.17, 15) is 0 Å². The molecule has 1 fully saturated rings. The highest BCUT2D eigenvalue weighted by molar-refractivity contribution is 5.15. The van der Waals surface area contributed by atoms with Gasteiger partial charge < -0.3 is 5.32 Å². The van der Waals surface area contributed by atoms with E-state index < -0.39 is 0 Å². The van der Waals surface area contributed by atoms with Crippen LogP contribution in [0.5, 0.6) is 0 Å². The summed E-state index contributed by atoms with van der Waals surface area (Å²) < 4.78 is 0. The van der Waals surface area contributed by atoms with Crippen LogP contribution in [-0.2, 0) is 6.54 Å². The van der Waals surface area contributed by atoms with Crippen molar-refractivity contribution in [1.82, 2.24) is 10.2 Å². The van der Waals surface area contributed by atoms with Gasteiger partial charge in [-0.15, -0.1) is 0 Å². The molecule has 100 valence electrons. The fourth-order valence-corrected chi connectivity index (χ4v) is 2.83. The first-order valence-electron chi connectivity index (χ1n) is 7.22. The zero-order valence-electron chi connectivity index (χ0n) is 11.9. The summed E-state index contributed by atoms with van der Waals surface area (Å²) in [6.07, 6.45) is 1.22. The van der Waals surface area contributed by atoms with Crippen LogP contribution >= 0.6 is 0 Å². The molecular formula is C16H26N2. The highest BCUT2D eigenvalue weighted by Gasteiger charge is 2.28. The van der Waals surface area contributed by atoms with Crippen molar-refractivity contribution in [2.24, 2.45) is 5.92 Å². The molecular weight excluding hydrogens is 220 g/mol. The summed E-state index contributed by atoms with van der Waals surface area (Å²) in [5.41, 5.74) is 1.43. The minimum Gasteiger partial charge on any atom is -0.311 e. The van der Waals surface area contributed by atoms with Crippen LogP contribution < -0.4 is 5.32 Å². The van der Waals surface area contributed by atoms with Crippen molar-refractivity contribution in [1.29, 1.82) is 0 Å². The van der Waals surface area contributed by atoms with Gasteiger partial charge in [-0.3, -0.25) is 4.90 Å². The van der Waals surface area contributed by atoms with Crippen molar-refractivity contribution < 1.29 is 0 Å². The van der Waals surface area contributed by atoms with Crippen molar-refractivity contribution in [3.05, 3.63) is 35.9 Å². The molecule has 0 saturated carbocycles. The third-order valence-corrected chi connectivity index (χ3v) is 4.03. The maximum absolute atomic E-state index is 3.67. The van der Waals surface area contributed by atoms with Crippen molar-refractivity contribution in [3.63, 3.8) is 0 Å². The van der Waals surface area contributed by atoms with Crippen LogP contribution in [0.15, 0.2) is 30.3 Å². The highest BCUT2D eigenvalue weighted by atomic mass is 15.2. The molecule has 2 atom stereocenters. The molecule has 18 heavy (non-hydrogen) atoms. The lowest BCUT2D eigenvalue weighted by molar-refractivity contribution is 0.0900. The number of hydrogen-bond acceptors (Lipinski definition) is 2. The number of piperazine rings is 1. The molecule has 2 unspecified atom stereocenters.